The molecule has 1 saturated heterocycles. The van der Waals surface area contributed by atoms with Crippen molar-refractivity contribution in [3.8, 4) is 0 Å². The van der Waals surface area contributed by atoms with Gasteiger partial charge in [-0.05, 0) is 29.7 Å². The molecule has 4 nitrogen and oxygen atoms in total. The molecule has 1 fully saturated rings. The van der Waals surface area contributed by atoms with Crippen molar-refractivity contribution in [1.29, 1.82) is 0 Å². The van der Waals surface area contributed by atoms with Crippen LogP contribution in [0.15, 0.2) is 22.6 Å². The van der Waals surface area contributed by atoms with Crippen LogP contribution in [0.5, 0.6) is 0 Å². The quantitative estimate of drug-likeness (QED) is 0.872. The molecule has 0 saturated carbocycles. The van der Waals surface area contributed by atoms with Gasteiger partial charge >= 0.3 is 0 Å². The van der Waals surface area contributed by atoms with Crippen LogP contribution in [0.2, 0.25) is 0 Å². The molecule has 3 rings (SSSR count). The molecule has 2 aromatic heterocycles. The standard InChI is InChI=1S/C15H21N3OS/c1-11-7-12(2)9-17(8-11)4-5-18-10-16-13-3-6-20-14(13)15(18)19/h3,6,10-12H,4-5,7-9H2,1-2H3. The number of thiophene rings is 1. The van der Waals surface area contributed by atoms with Crippen molar-refractivity contribution < 1.29 is 0 Å². The normalized spacial score (nSPS) is 24.3. The van der Waals surface area contributed by atoms with E-state index in [-0.39, 0.29) is 5.56 Å². The van der Waals surface area contributed by atoms with Gasteiger partial charge in [0.25, 0.3) is 5.56 Å². The number of hydrogen-bond acceptors (Lipinski definition) is 4. The first-order valence-corrected chi connectivity index (χ1v) is 8.16. The van der Waals surface area contributed by atoms with E-state index in [0.717, 1.165) is 48.2 Å². The molecule has 108 valence electrons. The Kier molecular flexibility index (Phi) is 3.89. The van der Waals surface area contributed by atoms with E-state index in [2.05, 4.69) is 23.7 Å². The van der Waals surface area contributed by atoms with Crippen molar-refractivity contribution in [1.82, 2.24) is 14.5 Å². The molecule has 2 aromatic rings. The van der Waals surface area contributed by atoms with E-state index >= 15 is 0 Å². The van der Waals surface area contributed by atoms with Gasteiger partial charge < -0.3 is 4.90 Å². The largest absolute Gasteiger partial charge is 0.301 e. The fraction of sp³-hybridized carbons (Fsp3) is 0.600. The minimum Gasteiger partial charge on any atom is -0.301 e. The smallest absolute Gasteiger partial charge is 0.271 e. The van der Waals surface area contributed by atoms with E-state index in [9.17, 15) is 4.79 Å². The van der Waals surface area contributed by atoms with Crippen LogP contribution in [0, 0.1) is 11.8 Å². The second-order valence-corrected chi connectivity index (χ2v) is 7.00. The molecule has 0 aliphatic carbocycles. The third-order valence-electron chi connectivity index (χ3n) is 4.04. The first-order valence-electron chi connectivity index (χ1n) is 7.28. The molecule has 0 spiro atoms. The summed E-state index contributed by atoms with van der Waals surface area (Å²) in [7, 11) is 0. The lowest BCUT2D eigenvalue weighted by Gasteiger charge is -2.34. The summed E-state index contributed by atoms with van der Waals surface area (Å²) < 4.78 is 2.52. The minimum atomic E-state index is 0.100. The second kappa shape index (κ2) is 5.66. The number of rotatable bonds is 3. The summed E-state index contributed by atoms with van der Waals surface area (Å²) in [6.45, 7) is 8.59. The first kappa shape index (κ1) is 13.8. The zero-order valence-electron chi connectivity index (χ0n) is 12.1. The number of likely N-dealkylation sites (tertiary alicyclic amines) is 1. The summed E-state index contributed by atoms with van der Waals surface area (Å²) in [4.78, 5) is 19.1. The van der Waals surface area contributed by atoms with Crippen molar-refractivity contribution in [3.05, 3.63) is 28.1 Å². The summed E-state index contributed by atoms with van der Waals surface area (Å²) in [5.41, 5.74) is 0.916. The van der Waals surface area contributed by atoms with Gasteiger partial charge in [-0.1, -0.05) is 13.8 Å². The summed E-state index contributed by atoms with van der Waals surface area (Å²) >= 11 is 1.48. The molecule has 0 aromatic carbocycles. The predicted octanol–water partition coefficient (Wildman–Crippen LogP) is 2.44. The third kappa shape index (κ3) is 2.79. The summed E-state index contributed by atoms with van der Waals surface area (Å²) in [6.07, 6.45) is 3.01. The van der Waals surface area contributed by atoms with Crippen LogP contribution in [-0.4, -0.2) is 34.1 Å². The van der Waals surface area contributed by atoms with Gasteiger partial charge in [0.05, 0.1) is 11.8 Å². The van der Waals surface area contributed by atoms with Gasteiger partial charge in [0.15, 0.2) is 0 Å². The monoisotopic (exact) mass is 291 g/mol. The fourth-order valence-electron chi connectivity index (χ4n) is 3.26. The third-order valence-corrected chi connectivity index (χ3v) is 4.93. The molecule has 20 heavy (non-hydrogen) atoms. The molecule has 0 amide bonds. The lowest BCUT2D eigenvalue weighted by atomic mass is 9.92. The van der Waals surface area contributed by atoms with Gasteiger partial charge in [-0.15, -0.1) is 11.3 Å². The fourth-order valence-corrected chi connectivity index (χ4v) is 4.05. The Morgan fingerprint density at radius 2 is 2.05 bits per heavy atom. The maximum Gasteiger partial charge on any atom is 0.271 e. The van der Waals surface area contributed by atoms with Gasteiger partial charge in [-0.2, -0.15) is 0 Å². The molecule has 0 N–H and O–H groups in total. The highest BCUT2D eigenvalue weighted by atomic mass is 32.1. The molecular formula is C15H21N3OS. The molecule has 5 heteroatoms. The van der Waals surface area contributed by atoms with E-state index < -0.39 is 0 Å². The molecule has 0 radical (unpaired) electrons. The van der Waals surface area contributed by atoms with Crippen LogP contribution in [0.1, 0.15) is 20.3 Å². The van der Waals surface area contributed by atoms with Crippen molar-refractivity contribution in [2.24, 2.45) is 11.8 Å². The summed E-state index contributed by atoms with van der Waals surface area (Å²) in [5, 5.41) is 1.93. The maximum absolute atomic E-state index is 12.3. The van der Waals surface area contributed by atoms with Gasteiger partial charge in [0.2, 0.25) is 0 Å². The van der Waals surface area contributed by atoms with Crippen LogP contribution < -0.4 is 5.56 Å². The number of hydrogen-bond donors (Lipinski definition) is 0. The number of piperidine rings is 1. The van der Waals surface area contributed by atoms with Crippen molar-refractivity contribution in [3.63, 3.8) is 0 Å². The highest BCUT2D eigenvalue weighted by Gasteiger charge is 2.21. The lowest BCUT2D eigenvalue weighted by Crippen LogP contribution is -2.41. The molecule has 1 aliphatic heterocycles. The average molecular weight is 291 g/mol. The zero-order chi connectivity index (χ0) is 14.1. The van der Waals surface area contributed by atoms with Gasteiger partial charge in [-0.25, -0.2) is 4.98 Å². The Labute approximate surface area is 123 Å². The Balaban J connectivity index is 1.70. The zero-order valence-corrected chi connectivity index (χ0v) is 12.9. The first-order chi connectivity index (χ1) is 9.63. The van der Waals surface area contributed by atoms with Crippen molar-refractivity contribution in [2.45, 2.75) is 26.8 Å². The topological polar surface area (TPSA) is 38.1 Å². The molecular weight excluding hydrogens is 270 g/mol. The number of aromatic nitrogens is 2. The lowest BCUT2D eigenvalue weighted by molar-refractivity contribution is 0.136. The molecule has 1 aliphatic rings. The molecule has 3 heterocycles. The Hall–Kier alpha value is -1.20. The molecule has 2 unspecified atom stereocenters. The summed E-state index contributed by atoms with van der Waals surface area (Å²) in [6, 6.07) is 1.90. The van der Waals surface area contributed by atoms with Crippen LogP contribution in [0.3, 0.4) is 0 Å². The molecule has 0 bridgehead atoms. The maximum atomic E-state index is 12.3. The van der Waals surface area contributed by atoms with Gasteiger partial charge in [0, 0.05) is 26.2 Å². The highest BCUT2D eigenvalue weighted by molar-refractivity contribution is 7.17. The SMILES string of the molecule is CC1CC(C)CN(CCn2cnc3ccsc3c2=O)C1. The van der Waals surface area contributed by atoms with Crippen LogP contribution >= 0.6 is 11.3 Å². The van der Waals surface area contributed by atoms with Gasteiger partial charge in [-0.3, -0.25) is 9.36 Å². The highest BCUT2D eigenvalue weighted by Crippen LogP contribution is 2.20. The second-order valence-electron chi connectivity index (χ2n) is 6.08. The van der Waals surface area contributed by atoms with E-state index in [1.165, 1.54) is 17.8 Å². The van der Waals surface area contributed by atoms with E-state index in [0.29, 0.717) is 0 Å². The minimum absolute atomic E-state index is 0.100. The Bertz CT molecular complexity index is 638. The van der Waals surface area contributed by atoms with Crippen molar-refractivity contribution >= 4 is 21.6 Å². The predicted molar refractivity (Wildman–Crippen MR) is 83.3 cm³/mol. The van der Waals surface area contributed by atoms with E-state index in [1.807, 2.05) is 11.4 Å². The van der Waals surface area contributed by atoms with Crippen LogP contribution in [0.25, 0.3) is 10.2 Å². The number of nitrogens with zero attached hydrogens (tertiary/aromatic N) is 3. The Morgan fingerprint density at radius 1 is 1.30 bits per heavy atom. The summed E-state index contributed by atoms with van der Waals surface area (Å²) in [5.74, 6) is 1.52. The van der Waals surface area contributed by atoms with Gasteiger partial charge in [0.1, 0.15) is 4.70 Å². The van der Waals surface area contributed by atoms with Crippen LogP contribution in [-0.2, 0) is 6.54 Å². The van der Waals surface area contributed by atoms with Crippen LogP contribution in [0.4, 0.5) is 0 Å². The average Bonchev–Trinajstić information content (AvgIpc) is 2.86. The number of fused-ring (bicyclic) bond motifs is 1. The van der Waals surface area contributed by atoms with E-state index in [4.69, 9.17) is 0 Å². The van der Waals surface area contributed by atoms with Crippen molar-refractivity contribution in [2.75, 3.05) is 19.6 Å². The van der Waals surface area contributed by atoms with E-state index in [1.54, 1.807) is 10.9 Å². The Morgan fingerprint density at radius 3 is 2.80 bits per heavy atom. The molecule has 2 atom stereocenters.